The molecule has 2 atom stereocenters. The number of benzene rings is 1. The van der Waals surface area contributed by atoms with Crippen LogP contribution in [0.15, 0.2) is 34.7 Å². The van der Waals surface area contributed by atoms with E-state index < -0.39 is 0 Å². The van der Waals surface area contributed by atoms with E-state index in [-0.39, 0.29) is 17.7 Å². The third kappa shape index (κ3) is 4.60. The van der Waals surface area contributed by atoms with Gasteiger partial charge >= 0.3 is 0 Å². The van der Waals surface area contributed by atoms with E-state index in [9.17, 15) is 4.79 Å². The van der Waals surface area contributed by atoms with Crippen molar-refractivity contribution >= 4 is 5.91 Å². The minimum atomic E-state index is 0.0353. The monoisotopic (exact) mass is 436 g/mol. The molecule has 0 radical (unpaired) electrons. The molecule has 1 aliphatic rings. The molecule has 3 heterocycles. The highest BCUT2D eigenvalue weighted by atomic mass is 16.4. The van der Waals surface area contributed by atoms with Crippen molar-refractivity contribution in [1.82, 2.24) is 29.8 Å². The van der Waals surface area contributed by atoms with Crippen LogP contribution < -0.4 is 0 Å². The Kier molecular flexibility index (Phi) is 6.41. The van der Waals surface area contributed by atoms with Crippen LogP contribution in [-0.4, -0.2) is 69.4 Å². The van der Waals surface area contributed by atoms with Gasteiger partial charge in [-0.2, -0.15) is 5.10 Å². The van der Waals surface area contributed by atoms with E-state index >= 15 is 0 Å². The van der Waals surface area contributed by atoms with E-state index in [0.717, 1.165) is 23.5 Å². The van der Waals surface area contributed by atoms with E-state index in [1.165, 1.54) is 5.56 Å². The van der Waals surface area contributed by atoms with Gasteiger partial charge in [-0.15, -0.1) is 10.2 Å². The third-order valence-corrected chi connectivity index (χ3v) is 6.42. The molecule has 0 saturated carbocycles. The SMILES string of the molecule is Cc1nn(C)c(C)c1CCC(=O)N1C[C@H](CN(C)C)[C@@H](c2nnc(-c3ccccc3)o2)C1. The molecular formula is C24H32N6O2. The van der Waals surface area contributed by atoms with Gasteiger partial charge in [-0.05, 0) is 52.1 Å². The van der Waals surface area contributed by atoms with Gasteiger partial charge in [0.25, 0.3) is 0 Å². The topological polar surface area (TPSA) is 80.3 Å². The van der Waals surface area contributed by atoms with Crippen LogP contribution in [-0.2, 0) is 18.3 Å². The maximum absolute atomic E-state index is 13.1. The van der Waals surface area contributed by atoms with E-state index in [1.54, 1.807) is 0 Å². The first kappa shape index (κ1) is 22.2. The van der Waals surface area contributed by atoms with Gasteiger partial charge in [0.15, 0.2) is 0 Å². The van der Waals surface area contributed by atoms with Crippen LogP contribution in [0.3, 0.4) is 0 Å². The van der Waals surface area contributed by atoms with Crippen molar-refractivity contribution in [2.45, 2.75) is 32.6 Å². The lowest BCUT2D eigenvalue weighted by molar-refractivity contribution is -0.130. The largest absolute Gasteiger partial charge is 0.420 e. The Morgan fingerprint density at radius 1 is 1.16 bits per heavy atom. The lowest BCUT2D eigenvalue weighted by atomic mass is 9.95. The van der Waals surface area contributed by atoms with Crippen molar-refractivity contribution < 1.29 is 9.21 Å². The Morgan fingerprint density at radius 2 is 1.91 bits per heavy atom. The smallest absolute Gasteiger partial charge is 0.247 e. The second-order valence-electron chi connectivity index (χ2n) is 9.01. The predicted octanol–water partition coefficient (Wildman–Crippen LogP) is 2.82. The Bertz CT molecular complexity index is 1070. The number of likely N-dealkylation sites (tertiary alicyclic amines) is 1. The predicted molar refractivity (Wildman–Crippen MR) is 122 cm³/mol. The highest BCUT2D eigenvalue weighted by Crippen LogP contribution is 2.34. The van der Waals surface area contributed by atoms with Gasteiger partial charge in [-0.1, -0.05) is 18.2 Å². The number of carbonyl (C=O) groups is 1. The first-order valence-electron chi connectivity index (χ1n) is 11.1. The standard InChI is InChI=1S/C24H32N6O2/c1-16-20(17(2)29(5)27-16)11-12-22(31)30-14-19(13-28(3)4)21(15-30)24-26-25-23(32-24)18-9-7-6-8-10-18/h6-10,19,21H,11-15H2,1-5H3/t19-,21-/m0/s1. The van der Waals surface area contributed by atoms with Crippen molar-refractivity contribution in [1.29, 1.82) is 0 Å². The van der Waals surface area contributed by atoms with Crippen LogP contribution in [0.25, 0.3) is 11.5 Å². The van der Waals surface area contributed by atoms with Gasteiger partial charge < -0.3 is 14.2 Å². The summed E-state index contributed by atoms with van der Waals surface area (Å²) in [5.41, 5.74) is 4.20. The number of hydrogen-bond donors (Lipinski definition) is 0. The summed E-state index contributed by atoms with van der Waals surface area (Å²) in [4.78, 5) is 17.2. The van der Waals surface area contributed by atoms with Crippen LogP contribution in [0, 0.1) is 19.8 Å². The van der Waals surface area contributed by atoms with E-state index in [1.807, 2.05) is 53.9 Å². The molecule has 170 valence electrons. The van der Waals surface area contributed by atoms with Gasteiger partial charge in [0.05, 0.1) is 11.6 Å². The van der Waals surface area contributed by atoms with Crippen LogP contribution >= 0.6 is 0 Å². The van der Waals surface area contributed by atoms with E-state index in [4.69, 9.17) is 4.42 Å². The zero-order valence-electron chi connectivity index (χ0n) is 19.6. The Balaban J connectivity index is 1.47. The zero-order valence-corrected chi connectivity index (χ0v) is 19.6. The van der Waals surface area contributed by atoms with Crippen molar-refractivity contribution in [2.24, 2.45) is 13.0 Å². The summed E-state index contributed by atoms with van der Waals surface area (Å²) in [7, 11) is 6.05. The Labute approximate surface area is 189 Å². The normalized spacial score (nSPS) is 18.6. The van der Waals surface area contributed by atoms with Gasteiger partial charge in [0, 0.05) is 50.3 Å². The second-order valence-corrected chi connectivity index (χ2v) is 9.01. The number of rotatable bonds is 7. The molecule has 1 aromatic carbocycles. The molecule has 0 aliphatic carbocycles. The molecule has 0 N–H and O–H groups in total. The average Bonchev–Trinajstić information content (AvgIpc) is 3.46. The number of amides is 1. The molecule has 8 heteroatoms. The fourth-order valence-corrected chi connectivity index (χ4v) is 4.66. The molecule has 3 aromatic rings. The molecule has 0 bridgehead atoms. The Hall–Kier alpha value is -3.00. The summed E-state index contributed by atoms with van der Waals surface area (Å²) < 4.78 is 7.95. The van der Waals surface area contributed by atoms with Crippen LogP contribution in [0.5, 0.6) is 0 Å². The molecule has 1 aliphatic heterocycles. The summed E-state index contributed by atoms with van der Waals surface area (Å²) in [6.07, 6.45) is 1.19. The van der Waals surface area contributed by atoms with Crippen LogP contribution in [0.4, 0.5) is 0 Å². The molecule has 0 unspecified atom stereocenters. The number of aryl methyl sites for hydroxylation is 2. The molecular weight excluding hydrogens is 404 g/mol. The maximum atomic E-state index is 13.1. The highest BCUT2D eigenvalue weighted by Gasteiger charge is 2.39. The summed E-state index contributed by atoms with van der Waals surface area (Å²) in [5, 5.41) is 13.1. The molecule has 0 spiro atoms. The number of carbonyl (C=O) groups excluding carboxylic acids is 1. The summed E-state index contributed by atoms with van der Waals surface area (Å²) in [6, 6.07) is 9.79. The van der Waals surface area contributed by atoms with Crippen molar-refractivity contribution in [3.63, 3.8) is 0 Å². The van der Waals surface area contributed by atoms with Crippen LogP contribution in [0.1, 0.15) is 35.2 Å². The molecule has 1 fully saturated rings. The molecule has 1 amide bonds. The van der Waals surface area contributed by atoms with Gasteiger partial charge in [0.1, 0.15) is 0 Å². The summed E-state index contributed by atoms with van der Waals surface area (Å²) in [6.45, 7) is 6.23. The molecule has 32 heavy (non-hydrogen) atoms. The van der Waals surface area contributed by atoms with Crippen molar-refractivity contribution in [2.75, 3.05) is 33.7 Å². The minimum Gasteiger partial charge on any atom is -0.420 e. The number of aromatic nitrogens is 4. The minimum absolute atomic E-state index is 0.0353. The Morgan fingerprint density at radius 3 is 2.56 bits per heavy atom. The van der Waals surface area contributed by atoms with Gasteiger partial charge in [-0.25, -0.2) is 0 Å². The number of nitrogens with zero attached hydrogens (tertiary/aromatic N) is 6. The van der Waals surface area contributed by atoms with Crippen LogP contribution in [0.2, 0.25) is 0 Å². The zero-order chi connectivity index (χ0) is 22.8. The van der Waals surface area contributed by atoms with E-state index in [2.05, 4.69) is 41.2 Å². The fourth-order valence-electron chi connectivity index (χ4n) is 4.66. The first-order chi connectivity index (χ1) is 15.3. The average molecular weight is 437 g/mol. The quantitative estimate of drug-likeness (QED) is 0.567. The molecule has 2 aromatic heterocycles. The van der Waals surface area contributed by atoms with Gasteiger partial charge in [0.2, 0.25) is 17.7 Å². The summed E-state index contributed by atoms with van der Waals surface area (Å²) >= 11 is 0. The maximum Gasteiger partial charge on any atom is 0.247 e. The van der Waals surface area contributed by atoms with E-state index in [0.29, 0.717) is 37.7 Å². The lowest BCUT2D eigenvalue weighted by Gasteiger charge is -2.19. The lowest BCUT2D eigenvalue weighted by Crippen LogP contribution is -2.31. The third-order valence-electron chi connectivity index (χ3n) is 6.42. The van der Waals surface area contributed by atoms with Gasteiger partial charge in [-0.3, -0.25) is 9.48 Å². The molecule has 8 nitrogen and oxygen atoms in total. The second kappa shape index (κ2) is 9.24. The van der Waals surface area contributed by atoms with Crippen molar-refractivity contribution in [3.8, 4) is 11.5 Å². The highest BCUT2D eigenvalue weighted by molar-refractivity contribution is 5.77. The first-order valence-corrected chi connectivity index (χ1v) is 11.1. The molecule has 1 saturated heterocycles. The number of hydrogen-bond acceptors (Lipinski definition) is 6. The van der Waals surface area contributed by atoms with Crippen molar-refractivity contribution in [3.05, 3.63) is 53.2 Å². The molecule has 4 rings (SSSR count). The fraction of sp³-hybridized carbons (Fsp3) is 0.500. The summed E-state index contributed by atoms with van der Waals surface area (Å²) in [5.74, 6) is 1.59.